The second-order valence-corrected chi connectivity index (χ2v) is 6.48. The molecule has 0 saturated carbocycles. The molecule has 0 aliphatic carbocycles. The minimum Gasteiger partial charge on any atom is -0.370 e. The first-order valence-corrected chi connectivity index (χ1v) is 8.59. The minimum absolute atomic E-state index is 0.946. The average Bonchev–Trinajstić information content (AvgIpc) is 2.79. The molecule has 0 radical (unpaired) electrons. The molecule has 0 bridgehead atoms. The van der Waals surface area contributed by atoms with Gasteiger partial charge in [0.2, 0.25) is 0 Å². The predicted molar refractivity (Wildman–Crippen MR) is 97.7 cm³/mol. The third-order valence-corrected chi connectivity index (χ3v) is 4.63. The van der Waals surface area contributed by atoms with Crippen molar-refractivity contribution in [2.75, 3.05) is 11.9 Å². The Balaban J connectivity index is 1.95. The van der Waals surface area contributed by atoms with Crippen LogP contribution in [0.4, 0.5) is 5.82 Å². The van der Waals surface area contributed by atoms with Crippen molar-refractivity contribution < 1.29 is 0 Å². The number of anilines is 1. The summed E-state index contributed by atoms with van der Waals surface area (Å²) in [5, 5.41) is 8.57. The van der Waals surface area contributed by atoms with Gasteiger partial charge in [0.15, 0.2) is 0 Å². The monoisotopic (exact) mass is 318 g/mol. The van der Waals surface area contributed by atoms with Crippen molar-refractivity contribution in [3.63, 3.8) is 0 Å². The zero-order valence-electron chi connectivity index (χ0n) is 14.2. The number of fused-ring (bicyclic) bond motifs is 1. The van der Waals surface area contributed by atoms with E-state index in [4.69, 9.17) is 5.10 Å². The minimum atomic E-state index is 0.946. The SMILES string of the molecule is Cc1ccc(C)c(-n2nc(-c3ccccn3)c3c2NCCCC3)c1. The molecule has 4 heteroatoms. The normalized spacial score (nSPS) is 13.9. The van der Waals surface area contributed by atoms with Gasteiger partial charge in [0, 0.05) is 18.3 Å². The highest BCUT2D eigenvalue weighted by atomic mass is 15.3. The third kappa shape index (κ3) is 2.58. The molecule has 24 heavy (non-hydrogen) atoms. The lowest BCUT2D eigenvalue weighted by molar-refractivity contribution is 0.779. The van der Waals surface area contributed by atoms with Crippen LogP contribution in [0.2, 0.25) is 0 Å². The quantitative estimate of drug-likeness (QED) is 0.766. The maximum atomic E-state index is 4.97. The van der Waals surface area contributed by atoms with Crippen LogP contribution in [0.5, 0.6) is 0 Å². The smallest absolute Gasteiger partial charge is 0.133 e. The predicted octanol–water partition coefficient (Wildman–Crippen LogP) is 4.30. The van der Waals surface area contributed by atoms with Crippen molar-refractivity contribution in [1.82, 2.24) is 14.8 Å². The van der Waals surface area contributed by atoms with Gasteiger partial charge in [0.1, 0.15) is 11.5 Å². The summed E-state index contributed by atoms with van der Waals surface area (Å²) in [6, 6.07) is 12.5. The van der Waals surface area contributed by atoms with Crippen molar-refractivity contribution in [3.8, 4) is 17.1 Å². The van der Waals surface area contributed by atoms with Crippen LogP contribution >= 0.6 is 0 Å². The summed E-state index contributed by atoms with van der Waals surface area (Å²) in [4.78, 5) is 4.53. The largest absolute Gasteiger partial charge is 0.370 e. The average molecular weight is 318 g/mol. The molecule has 3 aromatic rings. The van der Waals surface area contributed by atoms with Crippen LogP contribution in [0.25, 0.3) is 17.1 Å². The first kappa shape index (κ1) is 14.9. The van der Waals surface area contributed by atoms with E-state index in [9.17, 15) is 0 Å². The number of nitrogens with one attached hydrogen (secondary N) is 1. The Morgan fingerprint density at radius 2 is 2.00 bits per heavy atom. The topological polar surface area (TPSA) is 42.7 Å². The Bertz CT molecular complexity index is 865. The Hall–Kier alpha value is -2.62. The standard InChI is InChI=1S/C20H22N4/c1-14-9-10-15(2)18(13-14)24-20-16(7-3-5-12-22-20)19(23-24)17-8-4-6-11-21-17/h4,6,8-11,13,22H,3,5,7,12H2,1-2H3. The lowest BCUT2D eigenvalue weighted by atomic mass is 10.1. The Kier molecular flexibility index (Phi) is 3.81. The van der Waals surface area contributed by atoms with Gasteiger partial charge in [0.25, 0.3) is 0 Å². The number of rotatable bonds is 2. The van der Waals surface area contributed by atoms with Gasteiger partial charge in [-0.15, -0.1) is 0 Å². The van der Waals surface area contributed by atoms with Crippen LogP contribution in [0.15, 0.2) is 42.6 Å². The highest BCUT2D eigenvalue weighted by Gasteiger charge is 2.22. The molecule has 4 rings (SSSR count). The lowest BCUT2D eigenvalue weighted by Gasteiger charge is -2.12. The molecule has 0 fully saturated rings. The van der Waals surface area contributed by atoms with Crippen molar-refractivity contribution in [2.24, 2.45) is 0 Å². The molecule has 0 unspecified atom stereocenters. The fourth-order valence-corrected chi connectivity index (χ4v) is 3.33. The van der Waals surface area contributed by atoms with Crippen molar-refractivity contribution >= 4 is 5.82 Å². The molecule has 122 valence electrons. The molecular formula is C20H22N4. The number of aryl methyl sites for hydroxylation is 2. The van der Waals surface area contributed by atoms with E-state index in [0.717, 1.165) is 35.9 Å². The third-order valence-electron chi connectivity index (χ3n) is 4.63. The summed E-state index contributed by atoms with van der Waals surface area (Å²) in [5.74, 6) is 1.13. The number of nitrogens with zero attached hydrogens (tertiary/aromatic N) is 3. The molecule has 1 aliphatic heterocycles. The van der Waals surface area contributed by atoms with Crippen LogP contribution in [0.1, 0.15) is 29.5 Å². The van der Waals surface area contributed by atoms with Gasteiger partial charge in [-0.25, -0.2) is 4.68 Å². The van der Waals surface area contributed by atoms with E-state index < -0.39 is 0 Å². The first-order chi connectivity index (χ1) is 11.7. The summed E-state index contributed by atoms with van der Waals surface area (Å²) in [6.45, 7) is 5.25. The second kappa shape index (κ2) is 6.11. The van der Waals surface area contributed by atoms with Crippen LogP contribution in [0, 0.1) is 13.8 Å². The summed E-state index contributed by atoms with van der Waals surface area (Å²) < 4.78 is 2.08. The fraction of sp³-hybridized carbons (Fsp3) is 0.300. The highest BCUT2D eigenvalue weighted by molar-refractivity contribution is 5.69. The summed E-state index contributed by atoms with van der Waals surface area (Å²) in [7, 11) is 0. The molecule has 0 amide bonds. The lowest BCUT2D eigenvalue weighted by Crippen LogP contribution is -2.08. The van der Waals surface area contributed by atoms with Crippen molar-refractivity contribution in [3.05, 3.63) is 59.3 Å². The van der Waals surface area contributed by atoms with Crippen molar-refractivity contribution in [1.29, 1.82) is 0 Å². The van der Waals surface area contributed by atoms with Crippen LogP contribution in [-0.2, 0) is 6.42 Å². The Morgan fingerprint density at radius 3 is 2.83 bits per heavy atom. The molecule has 4 nitrogen and oxygen atoms in total. The van der Waals surface area contributed by atoms with E-state index in [1.54, 1.807) is 0 Å². The number of hydrogen-bond donors (Lipinski definition) is 1. The van der Waals surface area contributed by atoms with E-state index >= 15 is 0 Å². The molecule has 2 aromatic heterocycles. The summed E-state index contributed by atoms with van der Waals surface area (Å²) in [5.41, 5.74) is 6.84. The summed E-state index contributed by atoms with van der Waals surface area (Å²) >= 11 is 0. The first-order valence-electron chi connectivity index (χ1n) is 8.59. The molecular weight excluding hydrogens is 296 g/mol. The van der Waals surface area contributed by atoms with Crippen LogP contribution in [0.3, 0.4) is 0 Å². The maximum Gasteiger partial charge on any atom is 0.133 e. The van der Waals surface area contributed by atoms with Crippen molar-refractivity contribution in [2.45, 2.75) is 33.1 Å². The molecule has 1 aromatic carbocycles. The zero-order valence-corrected chi connectivity index (χ0v) is 14.2. The number of hydrogen-bond acceptors (Lipinski definition) is 3. The number of benzene rings is 1. The van der Waals surface area contributed by atoms with Crippen LogP contribution < -0.4 is 5.32 Å². The number of pyridine rings is 1. The van der Waals surface area contributed by atoms with Gasteiger partial charge < -0.3 is 5.32 Å². The van der Waals surface area contributed by atoms with E-state index in [1.807, 2.05) is 24.4 Å². The van der Waals surface area contributed by atoms with Gasteiger partial charge in [-0.2, -0.15) is 5.10 Å². The molecule has 0 atom stereocenters. The Labute approximate surface area is 142 Å². The molecule has 3 heterocycles. The fourth-order valence-electron chi connectivity index (χ4n) is 3.33. The molecule has 0 saturated heterocycles. The van der Waals surface area contributed by atoms with E-state index in [0.29, 0.717) is 0 Å². The van der Waals surface area contributed by atoms with Gasteiger partial charge in [0.05, 0.1) is 11.4 Å². The van der Waals surface area contributed by atoms with E-state index in [1.165, 1.54) is 29.5 Å². The Morgan fingerprint density at radius 1 is 1.08 bits per heavy atom. The molecule has 1 aliphatic rings. The highest BCUT2D eigenvalue weighted by Crippen LogP contribution is 2.33. The van der Waals surface area contributed by atoms with E-state index in [-0.39, 0.29) is 0 Å². The van der Waals surface area contributed by atoms with E-state index in [2.05, 4.69) is 47.0 Å². The molecule has 0 spiro atoms. The van der Waals surface area contributed by atoms with Crippen LogP contribution in [-0.4, -0.2) is 21.3 Å². The van der Waals surface area contributed by atoms with Gasteiger partial charge in [-0.05, 0) is 62.4 Å². The summed E-state index contributed by atoms with van der Waals surface area (Å²) in [6.07, 6.45) is 5.24. The maximum absolute atomic E-state index is 4.97. The van der Waals surface area contributed by atoms with Gasteiger partial charge in [-0.1, -0.05) is 18.2 Å². The van der Waals surface area contributed by atoms with Gasteiger partial charge >= 0.3 is 0 Å². The molecule has 1 N–H and O–H groups in total. The zero-order chi connectivity index (χ0) is 16.5. The second-order valence-electron chi connectivity index (χ2n) is 6.48. The van der Waals surface area contributed by atoms with Gasteiger partial charge in [-0.3, -0.25) is 4.98 Å². The number of aromatic nitrogens is 3.